The van der Waals surface area contributed by atoms with Gasteiger partial charge in [0.2, 0.25) is 0 Å². The van der Waals surface area contributed by atoms with Gasteiger partial charge in [0, 0.05) is 6.54 Å². The molecule has 2 aliphatic carbocycles. The van der Waals surface area contributed by atoms with Crippen molar-refractivity contribution in [3.63, 3.8) is 0 Å². The van der Waals surface area contributed by atoms with Crippen LogP contribution in [0.5, 0.6) is 0 Å². The van der Waals surface area contributed by atoms with Crippen molar-refractivity contribution in [1.82, 2.24) is 0 Å². The van der Waals surface area contributed by atoms with Crippen molar-refractivity contribution in [3.8, 4) is 0 Å². The Morgan fingerprint density at radius 2 is 1.48 bits per heavy atom. The van der Waals surface area contributed by atoms with Gasteiger partial charge in [0.1, 0.15) is 0 Å². The van der Waals surface area contributed by atoms with E-state index in [1.165, 1.54) is 83.5 Å². The lowest BCUT2D eigenvalue weighted by atomic mass is 9.66. The van der Waals surface area contributed by atoms with Crippen molar-refractivity contribution in [2.45, 2.75) is 132 Å². The maximum atomic E-state index is 4.29. The summed E-state index contributed by atoms with van der Waals surface area (Å²) in [6, 6.07) is 0. The summed E-state index contributed by atoms with van der Waals surface area (Å²) in [5.74, 6) is 9.14. The van der Waals surface area contributed by atoms with Crippen molar-refractivity contribution < 1.29 is 0 Å². The van der Waals surface area contributed by atoms with Crippen LogP contribution in [0.1, 0.15) is 132 Å². The predicted octanol–water partition coefficient (Wildman–Crippen LogP) is 10.1. The summed E-state index contributed by atoms with van der Waals surface area (Å²) in [5.41, 5.74) is 0. The van der Waals surface area contributed by atoms with Crippen LogP contribution in [0.25, 0.3) is 0 Å². The van der Waals surface area contributed by atoms with Gasteiger partial charge in [0.15, 0.2) is 0 Å². The van der Waals surface area contributed by atoms with Crippen LogP contribution >= 0.6 is 0 Å². The largest absolute Gasteiger partial charge is 0.301 e. The summed E-state index contributed by atoms with van der Waals surface area (Å²) in [5, 5.41) is 0. The molecule has 194 valence electrons. The summed E-state index contributed by atoms with van der Waals surface area (Å²) in [6.07, 6.45) is 19.0. The number of nitrogens with zero attached hydrogens (tertiary/aromatic N) is 1. The zero-order valence-electron chi connectivity index (χ0n) is 23.8. The first-order valence-electron chi connectivity index (χ1n) is 15.2. The molecule has 0 aliphatic heterocycles. The lowest BCUT2D eigenvalue weighted by Gasteiger charge is -2.40. The van der Waals surface area contributed by atoms with Crippen molar-refractivity contribution in [2.24, 2.45) is 64.2 Å². The molecule has 1 heteroatoms. The smallest absolute Gasteiger partial charge is 0.0410 e. The van der Waals surface area contributed by atoms with Gasteiger partial charge in [0.25, 0.3) is 0 Å². The minimum absolute atomic E-state index is 0.720. The first-order chi connectivity index (χ1) is 15.7. The second kappa shape index (κ2) is 14.9. The summed E-state index contributed by atoms with van der Waals surface area (Å²) in [6.45, 7) is 21.9. The minimum atomic E-state index is 0.720. The van der Waals surface area contributed by atoms with E-state index < -0.39 is 0 Å². The van der Waals surface area contributed by atoms with E-state index in [1.54, 1.807) is 0 Å². The van der Waals surface area contributed by atoms with Gasteiger partial charge in [-0.05, 0) is 104 Å². The van der Waals surface area contributed by atoms with Crippen LogP contribution in [0, 0.1) is 59.2 Å². The molecule has 2 aliphatic rings. The van der Waals surface area contributed by atoms with Gasteiger partial charge in [-0.2, -0.15) is 0 Å². The van der Waals surface area contributed by atoms with Gasteiger partial charge in [-0.3, -0.25) is 0 Å². The van der Waals surface area contributed by atoms with Gasteiger partial charge in [-0.15, -0.1) is 0 Å². The van der Waals surface area contributed by atoms with Gasteiger partial charge >= 0.3 is 0 Å². The highest BCUT2D eigenvalue weighted by Gasteiger charge is 2.36. The van der Waals surface area contributed by atoms with E-state index in [9.17, 15) is 0 Å². The van der Waals surface area contributed by atoms with E-state index in [1.807, 2.05) is 0 Å². The molecular weight excluding hydrogens is 398 g/mol. The van der Waals surface area contributed by atoms with Crippen LogP contribution < -0.4 is 0 Å². The first-order valence-corrected chi connectivity index (χ1v) is 15.2. The average Bonchev–Trinajstić information content (AvgIpc) is 3.22. The standard InChI is InChI=1S/C32H61N/c1-9-11-24(4)25(5)12-10-13-31-21-29(15-17-32(31)27(7)22-33-8)19-28-14-16-30(20-28)26(6)18-23(2)3/h23-32H,8-22H2,1-7H3/t24-,25?,26-,27?,28?,29?,30?,31?,32?/m0/s1. The molecule has 33 heavy (non-hydrogen) atoms. The van der Waals surface area contributed by atoms with E-state index in [-0.39, 0.29) is 0 Å². The van der Waals surface area contributed by atoms with E-state index in [4.69, 9.17) is 0 Å². The second-order valence-corrected chi connectivity index (χ2v) is 13.4. The molecule has 9 atom stereocenters. The van der Waals surface area contributed by atoms with E-state index in [2.05, 4.69) is 60.2 Å². The molecule has 2 fully saturated rings. The fourth-order valence-electron chi connectivity index (χ4n) is 8.00. The Morgan fingerprint density at radius 1 is 0.818 bits per heavy atom. The number of aliphatic imine (C=N–C) groups is 1. The fourth-order valence-corrected chi connectivity index (χ4v) is 8.00. The summed E-state index contributed by atoms with van der Waals surface area (Å²) in [7, 11) is 0. The molecular formula is C32H61N. The van der Waals surface area contributed by atoms with Crippen LogP contribution in [0.15, 0.2) is 4.99 Å². The monoisotopic (exact) mass is 459 g/mol. The predicted molar refractivity (Wildman–Crippen MR) is 149 cm³/mol. The number of hydrogen-bond acceptors (Lipinski definition) is 1. The third-order valence-electron chi connectivity index (χ3n) is 10.1. The van der Waals surface area contributed by atoms with E-state index >= 15 is 0 Å². The Bertz CT molecular complexity index is 525. The van der Waals surface area contributed by atoms with E-state index in [0.29, 0.717) is 0 Å². The molecule has 2 rings (SSSR count). The number of rotatable bonds is 15. The molecule has 7 unspecified atom stereocenters. The highest BCUT2D eigenvalue weighted by molar-refractivity contribution is 5.23. The molecule has 0 amide bonds. The van der Waals surface area contributed by atoms with E-state index in [0.717, 1.165) is 65.7 Å². The SMILES string of the molecule is C=NCC(C)C1CCC(CC2CCC([C@@H](C)CC(C)C)C2)CC1CCCC(C)[C@@H](C)CCC. The van der Waals surface area contributed by atoms with Crippen LogP contribution in [-0.4, -0.2) is 13.3 Å². The summed E-state index contributed by atoms with van der Waals surface area (Å²) in [4.78, 5) is 4.29. The highest BCUT2D eigenvalue weighted by atomic mass is 14.7. The molecule has 0 spiro atoms. The summed E-state index contributed by atoms with van der Waals surface area (Å²) < 4.78 is 0. The molecule has 0 N–H and O–H groups in total. The zero-order chi connectivity index (χ0) is 24.4. The van der Waals surface area contributed by atoms with Gasteiger partial charge < -0.3 is 4.99 Å². The maximum absolute atomic E-state index is 4.29. The topological polar surface area (TPSA) is 12.4 Å². The van der Waals surface area contributed by atoms with Crippen molar-refractivity contribution in [1.29, 1.82) is 0 Å². The fraction of sp³-hybridized carbons (Fsp3) is 0.969. The van der Waals surface area contributed by atoms with Crippen molar-refractivity contribution in [3.05, 3.63) is 0 Å². The molecule has 0 aromatic carbocycles. The Kier molecular flexibility index (Phi) is 13.1. The molecule has 0 saturated heterocycles. The molecule has 2 saturated carbocycles. The third kappa shape index (κ3) is 9.68. The average molecular weight is 460 g/mol. The van der Waals surface area contributed by atoms with Crippen molar-refractivity contribution in [2.75, 3.05) is 6.54 Å². The molecule has 0 aromatic heterocycles. The lowest BCUT2D eigenvalue weighted by molar-refractivity contribution is 0.108. The highest BCUT2D eigenvalue weighted by Crippen LogP contribution is 2.47. The molecule has 0 heterocycles. The lowest BCUT2D eigenvalue weighted by Crippen LogP contribution is -2.31. The van der Waals surface area contributed by atoms with Gasteiger partial charge in [-0.1, -0.05) is 93.4 Å². The quantitative estimate of drug-likeness (QED) is 0.216. The summed E-state index contributed by atoms with van der Waals surface area (Å²) >= 11 is 0. The van der Waals surface area contributed by atoms with Crippen LogP contribution in [-0.2, 0) is 0 Å². The molecule has 0 bridgehead atoms. The third-order valence-corrected chi connectivity index (χ3v) is 10.1. The molecule has 1 nitrogen and oxygen atoms in total. The zero-order valence-corrected chi connectivity index (χ0v) is 23.8. The Hall–Kier alpha value is -0.330. The Balaban J connectivity index is 1.87. The van der Waals surface area contributed by atoms with Gasteiger partial charge in [-0.25, -0.2) is 0 Å². The van der Waals surface area contributed by atoms with Crippen LogP contribution in [0.2, 0.25) is 0 Å². The number of hydrogen-bond donors (Lipinski definition) is 0. The second-order valence-electron chi connectivity index (χ2n) is 13.4. The van der Waals surface area contributed by atoms with Crippen LogP contribution in [0.4, 0.5) is 0 Å². The van der Waals surface area contributed by atoms with Gasteiger partial charge in [0.05, 0.1) is 0 Å². The minimum Gasteiger partial charge on any atom is -0.301 e. The Morgan fingerprint density at radius 3 is 2.15 bits per heavy atom. The normalized spacial score (nSPS) is 31.9. The first kappa shape index (κ1) is 28.9. The van der Waals surface area contributed by atoms with Crippen LogP contribution in [0.3, 0.4) is 0 Å². The Labute approximate surface area is 209 Å². The molecule has 0 aromatic rings. The van der Waals surface area contributed by atoms with Crippen molar-refractivity contribution >= 4 is 6.72 Å². The molecule has 0 radical (unpaired) electrons. The maximum Gasteiger partial charge on any atom is 0.0410 e.